The molecule has 2 aromatic carbocycles. The van der Waals surface area contributed by atoms with Gasteiger partial charge in [-0.2, -0.15) is 0 Å². The van der Waals surface area contributed by atoms with E-state index in [9.17, 15) is 0 Å². The smallest absolute Gasteiger partial charge is 0.292 e. The molecule has 3 rings (SSSR count). The van der Waals surface area contributed by atoms with Crippen LogP contribution in [0, 0.1) is 62.6 Å². The number of ether oxygens (including phenoxy) is 2. The summed E-state index contributed by atoms with van der Waals surface area (Å²) in [5.74, 6) is 2.83. The van der Waals surface area contributed by atoms with Gasteiger partial charge in [0.1, 0.15) is 11.5 Å². The molecule has 4 heteroatoms. The van der Waals surface area contributed by atoms with Crippen LogP contribution in [0.3, 0.4) is 0 Å². The molecule has 1 aliphatic carbocycles. The normalized spacial score (nSPS) is 22.8. The second-order valence-electron chi connectivity index (χ2n) is 9.95. The molecule has 0 amide bonds. The molecule has 0 N–H and O–H groups in total. The van der Waals surface area contributed by atoms with E-state index in [1.54, 1.807) is 0 Å². The Morgan fingerprint density at radius 1 is 0.875 bits per heavy atom. The lowest BCUT2D eigenvalue weighted by molar-refractivity contribution is 0.157. The molecule has 168 valence electrons. The Hall–Kier alpha value is -2.98. The maximum Gasteiger partial charge on any atom is 0.292 e. The van der Waals surface area contributed by atoms with Gasteiger partial charge in [-0.15, -0.1) is 10.5 Å². The molecule has 1 saturated carbocycles. The van der Waals surface area contributed by atoms with Gasteiger partial charge in [0.2, 0.25) is 0 Å². The van der Waals surface area contributed by atoms with Crippen molar-refractivity contribution in [3.8, 4) is 24.0 Å². The Bertz CT molecular complexity index is 1040. The van der Waals surface area contributed by atoms with Crippen molar-refractivity contribution in [3.05, 3.63) is 57.6 Å². The predicted octanol–water partition coefficient (Wildman–Crippen LogP) is 7.14. The first-order valence-corrected chi connectivity index (χ1v) is 11.5. The van der Waals surface area contributed by atoms with E-state index >= 15 is 0 Å². The van der Waals surface area contributed by atoms with Crippen LogP contribution in [0.1, 0.15) is 79.3 Å². The van der Waals surface area contributed by atoms with Gasteiger partial charge in [0.15, 0.2) is 0 Å². The number of benzene rings is 2. The minimum Gasteiger partial charge on any atom is -0.387 e. The zero-order valence-corrected chi connectivity index (χ0v) is 20.4. The Balaban J connectivity index is 2.07. The third-order valence-corrected chi connectivity index (χ3v) is 7.66. The summed E-state index contributed by atoms with van der Waals surface area (Å²) in [6, 6.07) is 8.87. The maximum absolute atomic E-state index is 9.01. The molecule has 0 aromatic heterocycles. The predicted molar refractivity (Wildman–Crippen MR) is 127 cm³/mol. The fourth-order valence-electron chi connectivity index (χ4n) is 5.80. The van der Waals surface area contributed by atoms with Crippen LogP contribution in [0.4, 0.5) is 0 Å². The lowest BCUT2D eigenvalue weighted by Crippen LogP contribution is -2.40. The van der Waals surface area contributed by atoms with Crippen LogP contribution in [0.2, 0.25) is 0 Å². The molecular formula is C28H34N2O2. The molecule has 0 spiro atoms. The highest BCUT2D eigenvalue weighted by Crippen LogP contribution is 2.53. The topological polar surface area (TPSA) is 66.0 Å². The summed E-state index contributed by atoms with van der Waals surface area (Å²) in [5, 5.41) is 18.0. The fraction of sp³-hybridized carbons (Fsp3) is 0.500. The first-order valence-electron chi connectivity index (χ1n) is 11.5. The molecular weight excluding hydrogens is 396 g/mol. The summed E-state index contributed by atoms with van der Waals surface area (Å²) >= 11 is 0. The van der Waals surface area contributed by atoms with E-state index in [1.807, 2.05) is 40.2 Å². The van der Waals surface area contributed by atoms with Gasteiger partial charge in [0.25, 0.3) is 12.5 Å². The first-order chi connectivity index (χ1) is 15.1. The molecule has 0 radical (unpaired) electrons. The highest BCUT2D eigenvalue weighted by molar-refractivity contribution is 5.48. The molecule has 0 heterocycles. The quantitative estimate of drug-likeness (QED) is 0.473. The van der Waals surface area contributed by atoms with E-state index < -0.39 is 0 Å². The standard InChI is InChI=1S/C28H34N2O2/c1-17(2)28(24-12-21(6)27(32-16-30)22(7)13-24)9-8-18(3)25(14-28)23-10-19(4)26(31-15-29)20(5)11-23/h10-13,17-18,25H,8-9,14H2,1-7H3. The minimum atomic E-state index is 0.0570. The monoisotopic (exact) mass is 430 g/mol. The summed E-state index contributed by atoms with van der Waals surface area (Å²) < 4.78 is 10.5. The summed E-state index contributed by atoms with van der Waals surface area (Å²) in [7, 11) is 0. The van der Waals surface area contributed by atoms with Gasteiger partial charge >= 0.3 is 0 Å². The number of aryl methyl sites for hydroxylation is 4. The molecule has 0 aliphatic heterocycles. The van der Waals surface area contributed by atoms with Crippen LogP contribution in [0.15, 0.2) is 24.3 Å². The molecule has 32 heavy (non-hydrogen) atoms. The summed E-state index contributed by atoms with van der Waals surface area (Å²) in [5.41, 5.74) is 6.80. The van der Waals surface area contributed by atoms with E-state index in [4.69, 9.17) is 20.0 Å². The molecule has 3 unspecified atom stereocenters. The Labute approximate surface area is 192 Å². The molecule has 1 aliphatic rings. The van der Waals surface area contributed by atoms with Gasteiger partial charge in [0, 0.05) is 0 Å². The third-order valence-electron chi connectivity index (χ3n) is 7.66. The first kappa shape index (κ1) is 23.7. The Kier molecular flexibility index (Phi) is 6.85. The second-order valence-corrected chi connectivity index (χ2v) is 9.95. The largest absolute Gasteiger partial charge is 0.387 e. The number of rotatable bonds is 5. The van der Waals surface area contributed by atoms with Crippen LogP contribution in [-0.2, 0) is 5.41 Å². The van der Waals surface area contributed by atoms with Crippen LogP contribution in [0.5, 0.6) is 11.5 Å². The van der Waals surface area contributed by atoms with Crippen molar-refractivity contribution in [1.82, 2.24) is 0 Å². The van der Waals surface area contributed by atoms with E-state index in [1.165, 1.54) is 11.1 Å². The SMILES string of the molecule is Cc1cc(C2CC(c3cc(C)c(OC#N)c(C)c3)(C(C)C)CCC2C)cc(C)c1OC#N. The zero-order chi connectivity index (χ0) is 23.6. The van der Waals surface area contributed by atoms with Crippen molar-refractivity contribution in [2.45, 2.75) is 79.1 Å². The Morgan fingerprint density at radius 2 is 1.34 bits per heavy atom. The van der Waals surface area contributed by atoms with Crippen LogP contribution in [0.25, 0.3) is 0 Å². The average Bonchev–Trinajstić information content (AvgIpc) is 2.73. The van der Waals surface area contributed by atoms with Crippen molar-refractivity contribution >= 4 is 0 Å². The molecule has 2 aromatic rings. The van der Waals surface area contributed by atoms with E-state index in [-0.39, 0.29) is 5.41 Å². The lowest BCUT2D eigenvalue weighted by atomic mass is 9.56. The third kappa shape index (κ3) is 4.20. The second kappa shape index (κ2) is 9.25. The molecule has 4 nitrogen and oxygen atoms in total. The maximum atomic E-state index is 9.01. The van der Waals surface area contributed by atoms with E-state index in [0.29, 0.717) is 29.3 Å². The molecule has 1 fully saturated rings. The molecule has 0 saturated heterocycles. The van der Waals surface area contributed by atoms with E-state index in [0.717, 1.165) is 41.5 Å². The van der Waals surface area contributed by atoms with Crippen LogP contribution in [-0.4, -0.2) is 0 Å². The van der Waals surface area contributed by atoms with Crippen LogP contribution < -0.4 is 9.47 Å². The van der Waals surface area contributed by atoms with Crippen molar-refractivity contribution in [1.29, 1.82) is 10.5 Å². The van der Waals surface area contributed by atoms with Gasteiger partial charge in [-0.3, -0.25) is 0 Å². The van der Waals surface area contributed by atoms with Gasteiger partial charge < -0.3 is 9.47 Å². The van der Waals surface area contributed by atoms with Crippen molar-refractivity contribution in [2.75, 3.05) is 0 Å². The Morgan fingerprint density at radius 3 is 1.78 bits per heavy atom. The fourth-order valence-corrected chi connectivity index (χ4v) is 5.80. The number of nitrogens with zero attached hydrogens (tertiary/aromatic N) is 2. The van der Waals surface area contributed by atoms with Gasteiger partial charge in [-0.25, -0.2) is 0 Å². The van der Waals surface area contributed by atoms with Crippen LogP contribution >= 0.6 is 0 Å². The van der Waals surface area contributed by atoms with Gasteiger partial charge in [0.05, 0.1) is 0 Å². The van der Waals surface area contributed by atoms with E-state index in [2.05, 4.69) is 45.0 Å². The summed E-state index contributed by atoms with van der Waals surface area (Å²) in [4.78, 5) is 0. The lowest BCUT2D eigenvalue weighted by Gasteiger charge is -2.48. The van der Waals surface area contributed by atoms with Gasteiger partial charge in [-0.1, -0.05) is 45.0 Å². The number of hydrogen-bond donors (Lipinski definition) is 0. The number of nitriles is 2. The summed E-state index contributed by atoms with van der Waals surface area (Å²) in [6.45, 7) is 15.1. The van der Waals surface area contributed by atoms with Gasteiger partial charge in [-0.05, 0) is 104 Å². The average molecular weight is 431 g/mol. The van der Waals surface area contributed by atoms with Crippen molar-refractivity contribution in [2.24, 2.45) is 11.8 Å². The molecule has 0 bridgehead atoms. The molecule has 3 atom stereocenters. The highest BCUT2D eigenvalue weighted by atomic mass is 16.5. The zero-order valence-electron chi connectivity index (χ0n) is 20.4. The van der Waals surface area contributed by atoms with Crippen molar-refractivity contribution < 1.29 is 9.47 Å². The number of hydrogen-bond acceptors (Lipinski definition) is 4. The summed E-state index contributed by atoms with van der Waals surface area (Å²) in [6.07, 6.45) is 7.02. The minimum absolute atomic E-state index is 0.0570. The highest BCUT2D eigenvalue weighted by Gasteiger charge is 2.43. The van der Waals surface area contributed by atoms with Crippen molar-refractivity contribution in [3.63, 3.8) is 0 Å².